The molecule has 1 atom stereocenters. The zero-order valence-electron chi connectivity index (χ0n) is 9.92. The molecule has 0 aromatic carbocycles. The molecule has 2 aromatic rings. The molecule has 5 heteroatoms. The van der Waals surface area contributed by atoms with E-state index in [2.05, 4.69) is 15.1 Å². The van der Waals surface area contributed by atoms with Crippen LogP contribution in [0.2, 0.25) is 0 Å². The van der Waals surface area contributed by atoms with Crippen LogP contribution in [0.3, 0.4) is 0 Å². The number of aryl methyl sites for hydroxylation is 2. The van der Waals surface area contributed by atoms with Crippen LogP contribution in [0.25, 0.3) is 11.5 Å². The van der Waals surface area contributed by atoms with Gasteiger partial charge in [0.05, 0.1) is 6.10 Å². The lowest BCUT2D eigenvalue weighted by atomic mass is 10.2. The standard InChI is InChI=1S/C12H15N3O2/c1-8-4-3-5-10(13-8)12-14-11(17-15-12)7-6-9(2)16/h3-5,9,16H,6-7H2,1-2H3. The van der Waals surface area contributed by atoms with Crippen molar-refractivity contribution in [2.24, 2.45) is 0 Å². The summed E-state index contributed by atoms with van der Waals surface area (Å²) in [5.74, 6) is 1.03. The molecule has 0 amide bonds. The summed E-state index contributed by atoms with van der Waals surface area (Å²) < 4.78 is 5.10. The second-order valence-corrected chi connectivity index (χ2v) is 4.06. The first-order valence-electron chi connectivity index (χ1n) is 5.60. The molecular formula is C12H15N3O2. The Bertz CT molecular complexity index is 494. The van der Waals surface area contributed by atoms with Crippen molar-refractivity contribution in [1.29, 1.82) is 0 Å². The van der Waals surface area contributed by atoms with E-state index in [9.17, 15) is 5.11 Å². The maximum atomic E-state index is 9.17. The van der Waals surface area contributed by atoms with Crippen molar-refractivity contribution in [3.63, 3.8) is 0 Å². The van der Waals surface area contributed by atoms with E-state index in [0.717, 1.165) is 5.69 Å². The summed E-state index contributed by atoms with van der Waals surface area (Å²) in [7, 11) is 0. The van der Waals surface area contributed by atoms with E-state index in [1.807, 2.05) is 25.1 Å². The third-order valence-electron chi connectivity index (χ3n) is 2.36. The van der Waals surface area contributed by atoms with E-state index in [4.69, 9.17) is 4.52 Å². The van der Waals surface area contributed by atoms with Crippen LogP contribution in [0.1, 0.15) is 24.9 Å². The van der Waals surface area contributed by atoms with Gasteiger partial charge in [-0.15, -0.1) is 0 Å². The number of hydrogen-bond donors (Lipinski definition) is 1. The molecule has 0 radical (unpaired) electrons. The fourth-order valence-corrected chi connectivity index (χ4v) is 1.46. The Morgan fingerprint density at radius 2 is 2.18 bits per heavy atom. The Morgan fingerprint density at radius 3 is 2.88 bits per heavy atom. The van der Waals surface area contributed by atoms with Crippen LogP contribution >= 0.6 is 0 Å². The van der Waals surface area contributed by atoms with Crippen molar-refractivity contribution in [3.8, 4) is 11.5 Å². The summed E-state index contributed by atoms with van der Waals surface area (Å²) in [6, 6.07) is 5.66. The number of pyridine rings is 1. The largest absolute Gasteiger partial charge is 0.393 e. The van der Waals surface area contributed by atoms with Crippen molar-refractivity contribution in [3.05, 3.63) is 29.8 Å². The lowest BCUT2D eigenvalue weighted by Crippen LogP contribution is -2.01. The van der Waals surface area contributed by atoms with Gasteiger partial charge in [-0.1, -0.05) is 11.2 Å². The Kier molecular flexibility index (Phi) is 3.49. The van der Waals surface area contributed by atoms with Gasteiger partial charge < -0.3 is 9.63 Å². The molecule has 0 bridgehead atoms. The lowest BCUT2D eigenvalue weighted by Gasteiger charge is -1.98. The normalized spacial score (nSPS) is 12.6. The highest BCUT2D eigenvalue weighted by molar-refractivity contribution is 5.47. The Morgan fingerprint density at radius 1 is 1.35 bits per heavy atom. The lowest BCUT2D eigenvalue weighted by molar-refractivity contribution is 0.180. The first-order chi connectivity index (χ1) is 8.15. The summed E-state index contributed by atoms with van der Waals surface area (Å²) in [5, 5.41) is 13.0. The second kappa shape index (κ2) is 5.05. The molecular weight excluding hydrogens is 218 g/mol. The maximum absolute atomic E-state index is 9.17. The summed E-state index contributed by atoms with van der Waals surface area (Å²) in [4.78, 5) is 8.56. The number of hydrogen-bond acceptors (Lipinski definition) is 5. The highest BCUT2D eigenvalue weighted by Crippen LogP contribution is 2.14. The first-order valence-corrected chi connectivity index (χ1v) is 5.60. The van der Waals surface area contributed by atoms with Gasteiger partial charge in [-0.25, -0.2) is 4.98 Å². The predicted molar refractivity (Wildman–Crippen MR) is 62.3 cm³/mol. The van der Waals surface area contributed by atoms with Gasteiger partial charge in [0.25, 0.3) is 0 Å². The van der Waals surface area contributed by atoms with Gasteiger partial charge >= 0.3 is 0 Å². The third-order valence-corrected chi connectivity index (χ3v) is 2.36. The zero-order chi connectivity index (χ0) is 12.3. The molecule has 0 spiro atoms. The van der Waals surface area contributed by atoms with E-state index < -0.39 is 0 Å². The summed E-state index contributed by atoms with van der Waals surface area (Å²) >= 11 is 0. The molecule has 1 N–H and O–H groups in total. The van der Waals surface area contributed by atoms with Gasteiger partial charge in [0, 0.05) is 12.1 Å². The van der Waals surface area contributed by atoms with Gasteiger partial charge in [-0.3, -0.25) is 0 Å². The minimum Gasteiger partial charge on any atom is -0.393 e. The molecule has 5 nitrogen and oxygen atoms in total. The molecule has 17 heavy (non-hydrogen) atoms. The number of aromatic nitrogens is 3. The molecule has 0 fully saturated rings. The van der Waals surface area contributed by atoms with E-state index >= 15 is 0 Å². The van der Waals surface area contributed by atoms with Crippen LogP contribution < -0.4 is 0 Å². The van der Waals surface area contributed by atoms with Gasteiger partial charge in [-0.2, -0.15) is 4.98 Å². The molecule has 0 aliphatic rings. The Labute approximate surface area is 99.5 Å². The maximum Gasteiger partial charge on any atom is 0.227 e. The number of aliphatic hydroxyl groups excluding tert-OH is 1. The van der Waals surface area contributed by atoms with E-state index in [0.29, 0.717) is 30.3 Å². The minimum absolute atomic E-state index is 0.359. The van der Waals surface area contributed by atoms with Gasteiger partial charge in [-0.05, 0) is 32.4 Å². The molecule has 1 unspecified atom stereocenters. The molecule has 2 rings (SSSR count). The monoisotopic (exact) mass is 233 g/mol. The SMILES string of the molecule is Cc1cccc(-c2noc(CCC(C)O)n2)n1. The van der Waals surface area contributed by atoms with Crippen molar-refractivity contribution < 1.29 is 9.63 Å². The Hall–Kier alpha value is -1.75. The second-order valence-electron chi connectivity index (χ2n) is 4.06. The molecule has 90 valence electrons. The van der Waals surface area contributed by atoms with Crippen LogP contribution in [-0.2, 0) is 6.42 Å². The van der Waals surface area contributed by atoms with Crippen LogP contribution in [-0.4, -0.2) is 26.3 Å². The molecule has 0 saturated carbocycles. The first kappa shape index (κ1) is 11.7. The summed E-state index contributed by atoms with van der Waals surface area (Å²) in [6.07, 6.45) is 0.835. The topological polar surface area (TPSA) is 72.0 Å². The van der Waals surface area contributed by atoms with Crippen LogP contribution in [0, 0.1) is 6.92 Å². The summed E-state index contributed by atoms with van der Waals surface area (Å²) in [5.41, 5.74) is 1.62. The van der Waals surface area contributed by atoms with Crippen LogP contribution in [0.5, 0.6) is 0 Å². The third kappa shape index (κ3) is 3.10. The van der Waals surface area contributed by atoms with Crippen molar-refractivity contribution >= 4 is 0 Å². The molecule has 0 saturated heterocycles. The van der Waals surface area contributed by atoms with Gasteiger partial charge in [0.2, 0.25) is 11.7 Å². The molecule has 2 heterocycles. The van der Waals surface area contributed by atoms with Gasteiger partial charge in [0.1, 0.15) is 5.69 Å². The minimum atomic E-state index is -0.359. The number of rotatable bonds is 4. The number of nitrogens with zero attached hydrogens (tertiary/aromatic N) is 3. The van der Waals surface area contributed by atoms with E-state index in [1.54, 1.807) is 6.92 Å². The number of aliphatic hydroxyl groups is 1. The fraction of sp³-hybridized carbons (Fsp3) is 0.417. The quantitative estimate of drug-likeness (QED) is 0.871. The van der Waals surface area contributed by atoms with E-state index in [1.165, 1.54) is 0 Å². The highest BCUT2D eigenvalue weighted by atomic mass is 16.5. The predicted octanol–water partition coefficient (Wildman–Crippen LogP) is 1.75. The molecule has 0 aliphatic carbocycles. The Balaban J connectivity index is 2.12. The summed E-state index contributed by atoms with van der Waals surface area (Å²) in [6.45, 7) is 3.65. The smallest absolute Gasteiger partial charge is 0.227 e. The van der Waals surface area contributed by atoms with Gasteiger partial charge in [0.15, 0.2) is 0 Å². The average molecular weight is 233 g/mol. The highest BCUT2D eigenvalue weighted by Gasteiger charge is 2.10. The molecule has 0 aliphatic heterocycles. The average Bonchev–Trinajstić information content (AvgIpc) is 2.75. The van der Waals surface area contributed by atoms with Crippen molar-refractivity contribution in [2.75, 3.05) is 0 Å². The van der Waals surface area contributed by atoms with Crippen LogP contribution in [0.4, 0.5) is 0 Å². The van der Waals surface area contributed by atoms with E-state index in [-0.39, 0.29) is 6.10 Å². The fourth-order valence-electron chi connectivity index (χ4n) is 1.46. The van der Waals surface area contributed by atoms with Crippen molar-refractivity contribution in [2.45, 2.75) is 32.8 Å². The van der Waals surface area contributed by atoms with Crippen LogP contribution in [0.15, 0.2) is 22.7 Å². The zero-order valence-corrected chi connectivity index (χ0v) is 9.92. The van der Waals surface area contributed by atoms with Crippen molar-refractivity contribution in [1.82, 2.24) is 15.1 Å². The molecule has 2 aromatic heterocycles.